The molecule has 13 heteroatoms. The fraction of sp³-hybridized carbons (Fsp3) is 0.261. The van der Waals surface area contributed by atoms with Gasteiger partial charge < -0.3 is 20.7 Å². The Kier molecular flexibility index (Phi) is 7.50. The second kappa shape index (κ2) is 10.6. The first-order chi connectivity index (χ1) is 17.2. The SMILES string of the molecule is O=C(NC1(C(=O)NCc2ccc(Nc3ccc(Br)cc3C(F)(F)F)cn2)CCOC1)c1cncnc1. The molecule has 3 aromatic rings. The summed E-state index contributed by atoms with van der Waals surface area (Å²) in [6.07, 6.45) is 1.09. The smallest absolute Gasteiger partial charge is 0.378 e. The van der Waals surface area contributed by atoms with Crippen LogP contribution in [-0.2, 0) is 22.3 Å². The predicted molar refractivity (Wildman–Crippen MR) is 126 cm³/mol. The van der Waals surface area contributed by atoms with Crippen LogP contribution < -0.4 is 16.0 Å². The molecule has 0 saturated carbocycles. The molecule has 3 heterocycles. The number of anilines is 2. The maximum atomic E-state index is 13.3. The molecule has 1 aromatic carbocycles. The first-order valence-electron chi connectivity index (χ1n) is 10.7. The zero-order chi connectivity index (χ0) is 25.8. The number of benzene rings is 1. The van der Waals surface area contributed by atoms with E-state index in [1.165, 1.54) is 37.1 Å². The number of nitrogens with one attached hydrogen (secondary N) is 3. The second-order valence-corrected chi connectivity index (χ2v) is 8.92. The molecule has 0 radical (unpaired) electrons. The maximum absolute atomic E-state index is 13.3. The Morgan fingerprint density at radius 1 is 1.11 bits per heavy atom. The molecule has 2 aromatic heterocycles. The summed E-state index contributed by atoms with van der Waals surface area (Å²) in [4.78, 5) is 37.4. The monoisotopic (exact) mass is 564 g/mol. The number of hydrogen-bond acceptors (Lipinski definition) is 7. The zero-order valence-corrected chi connectivity index (χ0v) is 20.2. The molecule has 1 atom stereocenters. The summed E-state index contributed by atoms with van der Waals surface area (Å²) in [5, 5.41) is 8.18. The van der Waals surface area contributed by atoms with E-state index >= 15 is 0 Å². The van der Waals surface area contributed by atoms with Gasteiger partial charge >= 0.3 is 6.18 Å². The van der Waals surface area contributed by atoms with Gasteiger partial charge in [0.05, 0.1) is 47.5 Å². The molecule has 36 heavy (non-hydrogen) atoms. The summed E-state index contributed by atoms with van der Waals surface area (Å²) in [5.41, 5.74) is -1.17. The van der Waals surface area contributed by atoms with Crippen molar-refractivity contribution in [1.82, 2.24) is 25.6 Å². The lowest BCUT2D eigenvalue weighted by molar-refractivity contribution is -0.137. The summed E-state index contributed by atoms with van der Waals surface area (Å²) in [5.74, 6) is -0.949. The van der Waals surface area contributed by atoms with Crippen LogP contribution in [0.2, 0.25) is 0 Å². The van der Waals surface area contributed by atoms with Crippen LogP contribution in [0.3, 0.4) is 0 Å². The minimum atomic E-state index is -4.54. The van der Waals surface area contributed by atoms with Gasteiger partial charge in [-0.15, -0.1) is 0 Å². The van der Waals surface area contributed by atoms with Crippen LogP contribution >= 0.6 is 15.9 Å². The van der Waals surface area contributed by atoms with E-state index in [1.54, 1.807) is 12.1 Å². The van der Waals surface area contributed by atoms with Gasteiger partial charge in [0.25, 0.3) is 5.91 Å². The van der Waals surface area contributed by atoms with Crippen LogP contribution in [-0.4, -0.2) is 45.5 Å². The van der Waals surface area contributed by atoms with E-state index in [9.17, 15) is 22.8 Å². The summed E-state index contributed by atoms with van der Waals surface area (Å²) in [7, 11) is 0. The van der Waals surface area contributed by atoms with Crippen molar-refractivity contribution < 1.29 is 27.5 Å². The van der Waals surface area contributed by atoms with Gasteiger partial charge in [0.2, 0.25) is 5.91 Å². The van der Waals surface area contributed by atoms with Crippen molar-refractivity contribution in [3.8, 4) is 0 Å². The first-order valence-corrected chi connectivity index (χ1v) is 11.5. The van der Waals surface area contributed by atoms with Gasteiger partial charge in [0.1, 0.15) is 11.9 Å². The third-order valence-electron chi connectivity index (χ3n) is 5.45. The highest BCUT2D eigenvalue weighted by atomic mass is 79.9. The van der Waals surface area contributed by atoms with Gasteiger partial charge in [-0.25, -0.2) is 9.97 Å². The van der Waals surface area contributed by atoms with E-state index in [1.807, 2.05) is 0 Å². The number of ether oxygens (including phenoxy) is 1. The molecule has 9 nitrogen and oxygen atoms in total. The van der Waals surface area contributed by atoms with E-state index < -0.39 is 29.1 Å². The molecule has 1 unspecified atom stereocenters. The Hall–Kier alpha value is -3.58. The molecule has 1 fully saturated rings. The molecule has 1 aliphatic rings. The summed E-state index contributed by atoms with van der Waals surface area (Å²) in [6, 6.07) is 6.95. The number of alkyl halides is 3. The third-order valence-corrected chi connectivity index (χ3v) is 5.95. The first kappa shape index (κ1) is 25.5. The molecule has 4 rings (SSSR count). The molecule has 1 saturated heterocycles. The van der Waals surface area contributed by atoms with E-state index in [4.69, 9.17) is 4.74 Å². The molecule has 0 aliphatic carbocycles. The molecule has 3 N–H and O–H groups in total. The summed E-state index contributed by atoms with van der Waals surface area (Å²) in [6.45, 7) is 0.341. The second-order valence-electron chi connectivity index (χ2n) is 8.00. The Morgan fingerprint density at radius 3 is 2.53 bits per heavy atom. The van der Waals surface area contributed by atoms with E-state index in [-0.39, 0.29) is 30.8 Å². The lowest BCUT2D eigenvalue weighted by Gasteiger charge is -2.27. The third kappa shape index (κ3) is 5.97. The number of amides is 2. The number of hydrogen-bond donors (Lipinski definition) is 3. The quantitative estimate of drug-likeness (QED) is 0.401. The number of carbonyl (C=O) groups is 2. The van der Waals surface area contributed by atoms with Crippen molar-refractivity contribution >= 4 is 39.1 Å². The minimum Gasteiger partial charge on any atom is -0.378 e. The number of pyridine rings is 1. The van der Waals surface area contributed by atoms with Gasteiger partial charge in [0, 0.05) is 29.9 Å². The predicted octanol–water partition coefficient (Wildman–Crippen LogP) is 3.60. The largest absolute Gasteiger partial charge is 0.418 e. The van der Waals surface area contributed by atoms with Crippen molar-refractivity contribution in [2.45, 2.75) is 24.7 Å². The molecule has 0 spiro atoms. The van der Waals surface area contributed by atoms with Crippen molar-refractivity contribution in [2.24, 2.45) is 0 Å². The number of rotatable bonds is 7. The molecule has 0 bridgehead atoms. The number of nitrogens with zero attached hydrogens (tertiary/aromatic N) is 3. The Bertz CT molecular complexity index is 1240. The van der Waals surface area contributed by atoms with Gasteiger partial charge in [-0.3, -0.25) is 14.6 Å². The average molecular weight is 565 g/mol. The van der Waals surface area contributed by atoms with Crippen molar-refractivity contribution in [3.05, 3.63) is 76.5 Å². The Labute approximate surface area is 212 Å². The van der Waals surface area contributed by atoms with Gasteiger partial charge in [0.15, 0.2) is 0 Å². The van der Waals surface area contributed by atoms with Crippen molar-refractivity contribution in [1.29, 1.82) is 0 Å². The maximum Gasteiger partial charge on any atom is 0.418 e. The average Bonchev–Trinajstić information content (AvgIpc) is 3.34. The molecule has 188 valence electrons. The summed E-state index contributed by atoms with van der Waals surface area (Å²) < 4.78 is 45.7. The zero-order valence-electron chi connectivity index (χ0n) is 18.6. The normalized spacial score (nSPS) is 17.4. The number of aromatic nitrogens is 3. The fourth-order valence-corrected chi connectivity index (χ4v) is 3.92. The van der Waals surface area contributed by atoms with Gasteiger partial charge in [-0.05, 0) is 30.3 Å². The van der Waals surface area contributed by atoms with E-state index in [2.05, 4.69) is 46.8 Å². The van der Waals surface area contributed by atoms with Crippen LogP contribution in [0.25, 0.3) is 0 Å². The number of carbonyl (C=O) groups excluding carboxylic acids is 2. The fourth-order valence-electron chi connectivity index (χ4n) is 3.56. The number of halogens is 4. The molecular formula is C23H20BrF3N6O3. The molecule has 2 amide bonds. The van der Waals surface area contributed by atoms with E-state index in [0.29, 0.717) is 22.5 Å². The lowest BCUT2D eigenvalue weighted by Crippen LogP contribution is -2.59. The van der Waals surface area contributed by atoms with Crippen LogP contribution in [0.4, 0.5) is 24.5 Å². The highest BCUT2D eigenvalue weighted by Gasteiger charge is 2.43. The summed E-state index contributed by atoms with van der Waals surface area (Å²) >= 11 is 3.05. The standard InChI is InChI=1S/C23H20BrF3N6O3/c24-15-1-4-19(18(7-15)23(25,26)27)32-17-3-2-16(30-11-17)10-31-21(35)22(5-6-36-12-22)33-20(34)14-8-28-13-29-9-14/h1-4,7-9,11,13,32H,5-6,10,12H2,(H,31,35)(H,33,34). The topological polar surface area (TPSA) is 118 Å². The Balaban J connectivity index is 1.39. The van der Waals surface area contributed by atoms with Crippen molar-refractivity contribution in [3.63, 3.8) is 0 Å². The highest BCUT2D eigenvalue weighted by molar-refractivity contribution is 9.10. The van der Waals surface area contributed by atoms with E-state index in [0.717, 1.165) is 6.07 Å². The van der Waals surface area contributed by atoms with Crippen LogP contribution in [0.15, 0.2) is 59.7 Å². The van der Waals surface area contributed by atoms with Gasteiger partial charge in [-0.2, -0.15) is 13.2 Å². The highest BCUT2D eigenvalue weighted by Crippen LogP contribution is 2.37. The van der Waals surface area contributed by atoms with Crippen LogP contribution in [0.5, 0.6) is 0 Å². The van der Waals surface area contributed by atoms with Crippen LogP contribution in [0, 0.1) is 0 Å². The molecular weight excluding hydrogens is 545 g/mol. The van der Waals surface area contributed by atoms with Crippen molar-refractivity contribution in [2.75, 3.05) is 18.5 Å². The van der Waals surface area contributed by atoms with Gasteiger partial charge in [-0.1, -0.05) is 15.9 Å². The Morgan fingerprint density at radius 2 is 1.89 bits per heavy atom. The minimum absolute atomic E-state index is 0.00325. The lowest BCUT2D eigenvalue weighted by atomic mass is 9.96. The van der Waals surface area contributed by atoms with Crippen LogP contribution in [0.1, 0.15) is 28.0 Å². The molecule has 1 aliphatic heterocycles.